The van der Waals surface area contributed by atoms with Crippen molar-refractivity contribution in [3.05, 3.63) is 17.8 Å². The number of amides is 1. The first-order chi connectivity index (χ1) is 7.61. The van der Waals surface area contributed by atoms with E-state index in [2.05, 4.69) is 4.98 Å². The molecule has 1 N–H and O–H groups in total. The Morgan fingerprint density at radius 3 is 3.00 bits per heavy atom. The minimum Gasteiger partial charge on any atom is -0.447 e. The van der Waals surface area contributed by atoms with Gasteiger partial charge in [0.2, 0.25) is 5.89 Å². The number of β-amino-alcohol motifs (C(OH)–C–C–N with tert-alkyl or cyclic N) is 1. The van der Waals surface area contributed by atoms with E-state index in [1.54, 1.807) is 0 Å². The number of carbonyl (C=O) groups excluding carboxylic acids is 1. The van der Waals surface area contributed by atoms with Gasteiger partial charge in [-0.1, -0.05) is 0 Å². The second-order valence-electron chi connectivity index (χ2n) is 3.55. The third-order valence-electron chi connectivity index (χ3n) is 2.39. The van der Waals surface area contributed by atoms with E-state index in [-0.39, 0.29) is 30.6 Å². The van der Waals surface area contributed by atoms with Crippen molar-refractivity contribution in [3.8, 4) is 0 Å². The molecule has 0 aliphatic carbocycles. The van der Waals surface area contributed by atoms with Gasteiger partial charge in [-0.2, -0.15) is 0 Å². The molecular formula is C9H10ClFN2O3. The largest absolute Gasteiger partial charge is 0.447 e. The lowest BCUT2D eigenvalue weighted by Gasteiger charge is -2.12. The van der Waals surface area contributed by atoms with Crippen LogP contribution in [0.5, 0.6) is 0 Å². The van der Waals surface area contributed by atoms with Crippen LogP contribution in [0.2, 0.25) is 0 Å². The predicted molar refractivity (Wildman–Crippen MR) is 52.9 cm³/mol. The molecule has 1 amide bonds. The number of rotatable bonds is 2. The molecule has 1 saturated heterocycles. The summed E-state index contributed by atoms with van der Waals surface area (Å²) in [6.07, 6.45) is -1.34. The molecule has 1 aromatic heterocycles. The van der Waals surface area contributed by atoms with Crippen molar-refractivity contribution in [2.75, 3.05) is 13.1 Å². The summed E-state index contributed by atoms with van der Waals surface area (Å²) < 4.78 is 17.9. The predicted octanol–water partition coefficient (Wildman–Crippen LogP) is 0.568. The van der Waals surface area contributed by atoms with E-state index in [0.29, 0.717) is 0 Å². The van der Waals surface area contributed by atoms with Gasteiger partial charge in [-0.3, -0.25) is 4.79 Å². The van der Waals surface area contributed by atoms with Crippen LogP contribution in [0.1, 0.15) is 16.4 Å². The van der Waals surface area contributed by atoms with Gasteiger partial charge in [-0.25, -0.2) is 9.37 Å². The number of halogens is 2. The standard InChI is InChI=1S/C9H10ClFN2O3/c10-1-8-12-6(4-16-8)9(15)13-2-5(11)7(14)3-13/h4-5,7,14H,1-3H2/t5-,7-/m1/s1. The number of likely N-dealkylation sites (tertiary alicyclic amines) is 1. The van der Waals surface area contributed by atoms with Gasteiger partial charge in [0.1, 0.15) is 18.5 Å². The Morgan fingerprint density at radius 1 is 1.75 bits per heavy atom. The minimum absolute atomic E-state index is 0.0247. The monoisotopic (exact) mass is 248 g/mol. The van der Waals surface area contributed by atoms with Crippen LogP contribution in [0.4, 0.5) is 4.39 Å². The molecule has 0 unspecified atom stereocenters. The molecule has 88 valence electrons. The summed E-state index contributed by atoms with van der Waals surface area (Å²) in [5.74, 6) is -0.150. The van der Waals surface area contributed by atoms with Gasteiger partial charge >= 0.3 is 0 Å². The maximum absolute atomic E-state index is 13.0. The number of aliphatic hydroxyl groups is 1. The lowest BCUT2D eigenvalue weighted by molar-refractivity contribution is 0.0758. The quantitative estimate of drug-likeness (QED) is 0.777. The number of aliphatic hydroxyl groups excluding tert-OH is 1. The molecule has 7 heteroatoms. The highest BCUT2D eigenvalue weighted by atomic mass is 35.5. The topological polar surface area (TPSA) is 66.6 Å². The summed E-state index contributed by atoms with van der Waals surface area (Å²) in [5.41, 5.74) is 0.0805. The van der Waals surface area contributed by atoms with Crippen molar-refractivity contribution in [1.29, 1.82) is 0 Å². The van der Waals surface area contributed by atoms with Crippen LogP contribution >= 0.6 is 11.6 Å². The fourth-order valence-corrected chi connectivity index (χ4v) is 1.67. The molecule has 2 heterocycles. The molecule has 0 bridgehead atoms. The van der Waals surface area contributed by atoms with E-state index < -0.39 is 18.2 Å². The number of aromatic nitrogens is 1. The van der Waals surface area contributed by atoms with Crippen LogP contribution in [0, 0.1) is 0 Å². The fourth-order valence-electron chi connectivity index (χ4n) is 1.55. The zero-order valence-corrected chi connectivity index (χ0v) is 9.02. The van der Waals surface area contributed by atoms with Crippen LogP contribution in [-0.2, 0) is 5.88 Å². The number of oxazole rings is 1. The molecule has 0 radical (unpaired) electrons. The van der Waals surface area contributed by atoms with Gasteiger partial charge in [-0.15, -0.1) is 11.6 Å². The Morgan fingerprint density at radius 2 is 2.50 bits per heavy atom. The Balaban J connectivity index is 2.08. The lowest BCUT2D eigenvalue weighted by Crippen LogP contribution is -2.29. The van der Waals surface area contributed by atoms with Gasteiger partial charge in [0, 0.05) is 0 Å². The Kier molecular flexibility index (Phi) is 3.11. The van der Waals surface area contributed by atoms with Gasteiger partial charge in [-0.05, 0) is 0 Å². The molecule has 1 aliphatic rings. The molecule has 0 spiro atoms. The zero-order valence-electron chi connectivity index (χ0n) is 8.27. The summed E-state index contributed by atoms with van der Waals surface area (Å²) in [4.78, 5) is 16.8. The molecule has 1 aliphatic heterocycles. The first kappa shape index (κ1) is 11.3. The second kappa shape index (κ2) is 4.39. The van der Waals surface area contributed by atoms with Gasteiger partial charge < -0.3 is 14.4 Å². The Labute approximate surface area is 95.8 Å². The van der Waals surface area contributed by atoms with Crippen molar-refractivity contribution in [2.45, 2.75) is 18.2 Å². The van der Waals surface area contributed by atoms with Crippen LogP contribution in [0.25, 0.3) is 0 Å². The summed E-state index contributed by atoms with van der Waals surface area (Å²) in [7, 11) is 0. The Bertz CT molecular complexity index is 388. The maximum Gasteiger partial charge on any atom is 0.276 e. The van der Waals surface area contributed by atoms with Gasteiger partial charge in [0.05, 0.1) is 19.0 Å². The highest BCUT2D eigenvalue weighted by molar-refractivity contribution is 6.16. The number of hydrogen-bond acceptors (Lipinski definition) is 4. The highest BCUT2D eigenvalue weighted by Crippen LogP contribution is 2.16. The van der Waals surface area contributed by atoms with E-state index in [1.165, 1.54) is 11.2 Å². The average molecular weight is 249 g/mol. The van der Waals surface area contributed by atoms with Gasteiger partial charge in [0.25, 0.3) is 5.91 Å². The van der Waals surface area contributed by atoms with Gasteiger partial charge in [0.15, 0.2) is 5.69 Å². The lowest BCUT2D eigenvalue weighted by atomic mass is 10.3. The molecular weight excluding hydrogens is 239 g/mol. The maximum atomic E-state index is 13.0. The third kappa shape index (κ3) is 2.03. The SMILES string of the molecule is O=C(c1coc(CCl)n1)N1C[C@@H](O)[C@H](F)C1. The molecule has 0 saturated carbocycles. The second-order valence-corrected chi connectivity index (χ2v) is 3.82. The van der Waals surface area contributed by atoms with Crippen LogP contribution in [0.3, 0.4) is 0 Å². The third-order valence-corrected chi connectivity index (χ3v) is 2.62. The van der Waals surface area contributed by atoms with Crippen molar-refractivity contribution < 1.29 is 18.7 Å². The smallest absolute Gasteiger partial charge is 0.276 e. The average Bonchev–Trinajstić information content (AvgIpc) is 2.86. The van der Waals surface area contributed by atoms with Crippen molar-refractivity contribution in [3.63, 3.8) is 0 Å². The van der Waals surface area contributed by atoms with E-state index in [9.17, 15) is 14.3 Å². The molecule has 0 aromatic carbocycles. The normalized spacial score (nSPS) is 25.1. The first-order valence-electron chi connectivity index (χ1n) is 4.73. The van der Waals surface area contributed by atoms with E-state index in [1.807, 2.05) is 0 Å². The molecule has 5 nitrogen and oxygen atoms in total. The zero-order chi connectivity index (χ0) is 11.7. The van der Waals surface area contributed by atoms with Crippen LogP contribution < -0.4 is 0 Å². The fraction of sp³-hybridized carbons (Fsp3) is 0.556. The van der Waals surface area contributed by atoms with E-state index >= 15 is 0 Å². The van der Waals surface area contributed by atoms with E-state index in [0.717, 1.165) is 0 Å². The number of alkyl halides is 2. The van der Waals surface area contributed by atoms with Crippen LogP contribution in [0.15, 0.2) is 10.7 Å². The minimum atomic E-state index is -1.40. The van der Waals surface area contributed by atoms with Crippen molar-refractivity contribution in [2.24, 2.45) is 0 Å². The number of hydrogen-bond donors (Lipinski definition) is 1. The van der Waals surface area contributed by atoms with Crippen LogP contribution in [-0.4, -0.2) is 46.3 Å². The summed E-state index contributed by atoms with van der Waals surface area (Å²) in [5, 5.41) is 9.18. The first-order valence-corrected chi connectivity index (χ1v) is 5.27. The molecule has 2 atom stereocenters. The number of carbonyl (C=O) groups is 1. The summed E-state index contributed by atoms with van der Waals surface area (Å²) in [6.45, 7) is -0.147. The summed E-state index contributed by atoms with van der Waals surface area (Å²) >= 11 is 5.47. The molecule has 1 fully saturated rings. The Hall–Kier alpha value is -1.14. The number of nitrogens with zero attached hydrogens (tertiary/aromatic N) is 2. The molecule has 2 rings (SSSR count). The highest BCUT2D eigenvalue weighted by Gasteiger charge is 2.35. The molecule has 1 aromatic rings. The summed E-state index contributed by atoms with van der Waals surface area (Å²) in [6, 6.07) is 0. The van der Waals surface area contributed by atoms with Crippen molar-refractivity contribution in [1.82, 2.24) is 9.88 Å². The molecule has 16 heavy (non-hydrogen) atoms. The van der Waals surface area contributed by atoms with Crippen molar-refractivity contribution >= 4 is 17.5 Å². The van der Waals surface area contributed by atoms with E-state index in [4.69, 9.17) is 16.0 Å².